The van der Waals surface area contributed by atoms with E-state index in [0.29, 0.717) is 12.0 Å². The molecule has 2 atom stereocenters. The summed E-state index contributed by atoms with van der Waals surface area (Å²) in [6.07, 6.45) is 5.83. The van der Waals surface area contributed by atoms with Crippen molar-refractivity contribution in [2.24, 2.45) is 0 Å². The van der Waals surface area contributed by atoms with E-state index < -0.39 is 0 Å². The number of nitrogens with one attached hydrogen (secondary N) is 1. The van der Waals surface area contributed by atoms with Gasteiger partial charge in [0.25, 0.3) is 0 Å². The van der Waals surface area contributed by atoms with E-state index in [2.05, 4.69) is 77.7 Å². The van der Waals surface area contributed by atoms with E-state index in [1.165, 1.54) is 33.2 Å². The van der Waals surface area contributed by atoms with E-state index >= 15 is 0 Å². The third kappa shape index (κ3) is 1.91. The van der Waals surface area contributed by atoms with Gasteiger partial charge in [-0.1, -0.05) is 48.5 Å². The van der Waals surface area contributed by atoms with Crippen LogP contribution in [0.25, 0.3) is 16.5 Å². The highest BCUT2D eigenvalue weighted by Gasteiger charge is 2.33. The van der Waals surface area contributed by atoms with Crippen LogP contribution < -0.4 is 0 Å². The summed E-state index contributed by atoms with van der Waals surface area (Å²) in [6, 6.07) is 18.0. The van der Waals surface area contributed by atoms with Gasteiger partial charge in [0.1, 0.15) is 0 Å². The zero-order valence-corrected chi connectivity index (χ0v) is 13.3. The molecule has 0 amide bonds. The normalized spacial score (nSPS) is 23.6. The van der Waals surface area contributed by atoms with E-state index in [1.54, 1.807) is 0 Å². The number of nitrogens with zero attached hydrogens (tertiary/aromatic N) is 1. The number of aromatic nitrogens is 1. The Kier molecular flexibility index (Phi) is 2.77. The molecular formula is C21H20N2. The van der Waals surface area contributed by atoms with Crippen LogP contribution in [0.1, 0.15) is 22.6 Å². The summed E-state index contributed by atoms with van der Waals surface area (Å²) in [4.78, 5) is 5.97. The number of aromatic amines is 1. The maximum absolute atomic E-state index is 3.44. The van der Waals surface area contributed by atoms with E-state index in [9.17, 15) is 0 Å². The minimum absolute atomic E-state index is 0.475. The van der Waals surface area contributed by atoms with Crippen molar-refractivity contribution in [1.82, 2.24) is 9.88 Å². The molecule has 0 fully saturated rings. The molecule has 2 aliphatic rings. The molecule has 1 aliphatic carbocycles. The van der Waals surface area contributed by atoms with Crippen molar-refractivity contribution in [2.75, 3.05) is 13.6 Å². The number of hydrogen-bond acceptors (Lipinski definition) is 1. The summed E-state index contributed by atoms with van der Waals surface area (Å²) in [5, 5.41) is 1.43. The summed E-state index contributed by atoms with van der Waals surface area (Å²) in [5.41, 5.74) is 7.06. The number of hydrogen-bond donors (Lipinski definition) is 1. The lowest BCUT2D eigenvalue weighted by Gasteiger charge is -2.40. The summed E-state index contributed by atoms with van der Waals surface area (Å²) in [7, 11) is 2.27. The lowest BCUT2D eigenvalue weighted by atomic mass is 9.78. The highest BCUT2D eigenvalue weighted by molar-refractivity contribution is 5.98. The molecule has 0 spiro atoms. The first kappa shape index (κ1) is 13.1. The van der Waals surface area contributed by atoms with Gasteiger partial charge in [-0.05, 0) is 41.8 Å². The lowest BCUT2D eigenvalue weighted by molar-refractivity contribution is 0.268. The van der Waals surface area contributed by atoms with Crippen molar-refractivity contribution in [3.05, 3.63) is 77.5 Å². The Morgan fingerprint density at radius 1 is 1.04 bits per heavy atom. The molecule has 2 nitrogen and oxygen atoms in total. The van der Waals surface area contributed by atoms with Crippen molar-refractivity contribution in [3.8, 4) is 0 Å². The fraction of sp³-hybridized carbons (Fsp3) is 0.238. The zero-order chi connectivity index (χ0) is 15.4. The quantitative estimate of drug-likeness (QED) is 0.713. The van der Waals surface area contributed by atoms with E-state index in [0.717, 1.165) is 13.0 Å². The van der Waals surface area contributed by atoms with Crippen LogP contribution in [0.15, 0.2) is 60.8 Å². The van der Waals surface area contributed by atoms with Gasteiger partial charge < -0.3 is 4.98 Å². The molecule has 3 aromatic rings. The predicted octanol–water partition coefficient (Wildman–Crippen LogP) is 4.21. The average Bonchev–Trinajstić information content (AvgIpc) is 3.01. The SMILES string of the molecule is CN1C[C@@H](c2ccccc2)C=C2c3cccc4[nH]cc(c34)C[C@H]21. The second-order valence-corrected chi connectivity index (χ2v) is 6.84. The molecule has 2 heterocycles. The Balaban J connectivity index is 1.70. The molecule has 0 saturated carbocycles. The maximum Gasteiger partial charge on any atom is 0.0462 e. The Morgan fingerprint density at radius 3 is 2.78 bits per heavy atom. The minimum Gasteiger partial charge on any atom is -0.361 e. The molecular weight excluding hydrogens is 280 g/mol. The first-order chi connectivity index (χ1) is 11.3. The molecule has 5 rings (SSSR count). The molecule has 2 heteroatoms. The van der Waals surface area contributed by atoms with Gasteiger partial charge in [0, 0.05) is 35.6 Å². The summed E-state index contributed by atoms with van der Waals surface area (Å²) in [6.45, 7) is 1.09. The zero-order valence-electron chi connectivity index (χ0n) is 13.3. The van der Waals surface area contributed by atoms with Gasteiger partial charge >= 0.3 is 0 Å². The molecule has 0 unspecified atom stereocenters. The average molecular weight is 300 g/mol. The van der Waals surface area contributed by atoms with Crippen molar-refractivity contribution < 1.29 is 0 Å². The van der Waals surface area contributed by atoms with Gasteiger partial charge in [0.15, 0.2) is 0 Å². The number of fused-ring (bicyclic) bond motifs is 2. The number of rotatable bonds is 1. The Bertz CT molecular complexity index is 904. The highest BCUT2D eigenvalue weighted by Crippen LogP contribution is 2.42. The molecule has 1 aromatic heterocycles. The number of likely N-dealkylation sites (N-methyl/N-ethyl adjacent to an activating group) is 1. The standard InChI is InChI=1S/C21H20N2/c1-23-13-16(14-6-3-2-4-7-14)10-18-17-8-5-9-19-21(17)15(12-22-19)11-20(18)23/h2-10,12,16,20,22H,11,13H2,1H3/t16-,20+/m0/s1. The predicted molar refractivity (Wildman–Crippen MR) is 95.6 cm³/mol. The monoisotopic (exact) mass is 300 g/mol. The first-order valence-corrected chi connectivity index (χ1v) is 8.37. The lowest BCUT2D eigenvalue weighted by Crippen LogP contribution is -2.41. The largest absolute Gasteiger partial charge is 0.361 e. The van der Waals surface area contributed by atoms with Crippen LogP contribution in [0.3, 0.4) is 0 Å². The van der Waals surface area contributed by atoms with E-state index in [1.807, 2.05) is 0 Å². The van der Waals surface area contributed by atoms with Crippen LogP contribution in [0.4, 0.5) is 0 Å². The Labute approximate surface area is 136 Å². The Hall–Kier alpha value is -2.32. The topological polar surface area (TPSA) is 19.0 Å². The molecule has 1 aliphatic heterocycles. The minimum atomic E-state index is 0.475. The molecule has 23 heavy (non-hydrogen) atoms. The second kappa shape index (κ2) is 4.84. The molecule has 0 saturated heterocycles. The fourth-order valence-electron chi connectivity index (χ4n) is 4.36. The summed E-state index contributed by atoms with van der Waals surface area (Å²) < 4.78 is 0. The van der Waals surface area contributed by atoms with Crippen molar-refractivity contribution in [1.29, 1.82) is 0 Å². The van der Waals surface area contributed by atoms with Gasteiger partial charge in [-0.3, -0.25) is 4.90 Å². The van der Waals surface area contributed by atoms with Crippen LogP contribution in [-0.2, 0) is 6.42 Å². The van der Waals surface area contributed by atoms with Crippen molar-refractivity contribution in [2.45, 2.75) is 18.4 Å². The fourth-order valence-corrected chi connectivity index (χ4v) is 4.36. The summed E-state index contributed by atoms with van der Waals surface area (Å²) in [5.74, 6) is 0.475. The van der Waals surface area contributed by atoms with Gasteiger partial charge in [-0.2, -0.15) is 0 Å². The van der Waals surface area contributed by atoms with Crippen molar-refractivity contribution in [3.63, 3.8) is 0 Å². The van der Waals surface area contributed by atoms with Gasteiger partial charge in [0.05, 0.1) is 0 Å². The molecule has 114 valence electrons. The van der Waals surface area contributed by atoms with Crippen LogP contribution >= 0.6 is 0 Å². The molecule has 2 aromatic carbocycles. The molecule has 1 N–H and O–H groups in total. The van der Waals surface area contributed by atoms with Crippen LogP contribution in [0.5, 0.6) is 0 Å². The van der Waals surface area contributed by atoms with Crippen LogP contribution in [0.2, 0.25) is 0 Å². The molecule has 0 radical (unpaired) electrons. The smallest absolute Gasteiger partial charge is 0.0462 e. The number of benzene rings is 2. The molecule has 0 bridgehead atoms. The third-order valence-corrected chi connectivity index (χ3v) is 5.50. The van der Waals surface area contributed by atoms with Crippen LogP contribution in [0, 0.1) is 0 Å². The first-order valence-electron chi connectivity index (χ1n) is 8.37. The van der Waals surface area contributed by atoms with E-state index in [-0.39, 0.29) is 0 Å². The third-order valence-electron chi connectivity index (χ3n) is 5.50. The van der Waals surface area contributed by atoms with Crippen molar-refractivity contribution >= 4 is 16.5 Å². The van der Waals surface area contributed by atoms with Crippen LogP contribution in [-0.4, -0.2) is 29.5 Å². The van der Waals surface area contributed by atoms with Gasteiger partial charge in [-0.25, -0.2) is 0 Å². The summed E-state index contributed by atoms with van der Waals surface area (Å²) >= 11 is 0. The Morgan fingerprint density at radius 2 is 1.91 bits per heavy atom. The van der Waals surface area contributed by atoms with Gasteiger partial charge in [-0.15, -0.1) is 0 Å². The maximum atomic E-state index is 3.44. The highest BCUT2D eigenvalue weighted by atomic mass is 15.1. The number of H-pyrrole nitrogens is 1. The van der Waals surface area contributed by atoms with E-state index in [4.69, 9.17) is 0 Å². The second-order valence-electron chi connectivity index (χ2n) is 6.84. The van der Waals surface area contributed by atoms with Gasteiger partial charge in [0.2, 0.25) is 0 Å².